The molecule has 20 heavy (non-hydrogen) atoms. The fraction of sp³-hybridized carbons (Fsp3) is 0.375. The van der Waals surface area contributed by atoms with Gasteiger partial charge in [0.15, 0.2) is 0 Å². The summed E-state index contributed by atoms with van der Waals surface area (Å²) < 4.78 is 0.981. The van der Waals surface area contributed by atoms with E-state index in [1.807, 2.05) is 7.05 Å². The van der Waals surface area contributed by atoms with Gasteiger partial charge in [-0.05, 0) is 34.8 Å². The SMILES string of the molecule is CCCc1nc(Cc2cccc(C)c2)nc(NC)c1Br. The highest BCUT2D eigenvalue weighted by atomic mass is 79.9. The molecule has 0 spiro atoms. The summed E-state index contributed by atoms with van der Waals surface area (Å²) in [4.78, 5) is 9.29. The van der Waals surface area contributed by atoms with Gasteiger partial charge in [-0.2, -0.15) is 0 Å². The molecule has 0 unspecified atom stereocenters. The highest BCUT2D eigenvalue weighted by Gasteiger charge is 2.11. The van der Waals surface area contributed by atoms with E-state index >= 15 is 0 Å². The largest absolute Gasteiger partial charge is 0.372 e. The van der Waals surface area contributed by atoms with Crippen LogP contribution in [0.3, 0.4) is 0 Å². The maximum atomic E-state index is 4.70. The van der Waals surface area contributed by atoms with Gasteiger partial charge >= 0.3 is 0 Å². The first-order valence-electron chi connectivity index (χ1n) is 6.92. The van der Waals surface area contributed by atoms with Crippen LogP contribution in [0.2, 0.25) is 0 Å². The molecule has 0 atom stereocenters. The number of anilines is 1. The van der Waals surface area contributed by atoms with Crippen molar-refractivity contribution in [3.63, 3.8) is 0 Å². The first-order valence-corrected chi connectivity index (χ1v) is 7.72. The number of hydrogen-bond acceptors (Lipinski definition) is 3. The molecule has 0 fully saturated rings. The van der Waals surface area contributed by atoms with Gasteiger partial charge in [0.2, 0.25) is 0 Å². The highest BCUT2D eigenvalue weighted by molar-refractivity contribution is 9.10. The topological polar surface area (TPSA) is 37.8 Å². The molecule has 2 aromatic rings. The normalized spacial score (nSPS) is 10.6. The number of nitrogens with one attached hydrogen (secondary N) is 1. The lowest BCUT2D eigenvalue weighted by atomic mass is 10.1. The van der Waals surface area contributed by atoms with Gasteiger partial charge < -0.3 is 5.32 Å². The van der Waals surface area contributed by atoms with Crippen LogP contribution in [0.5, 0.6) is 0 Å². The molecule has 0 aliphatic carbocycles. The summed E-state index contributed by atoms with van der Waals surface area (Å²) in [6, 6.07) is 8.49. The van der Waals surface area contributed by atoms with Crippen LogP contribution in [0.1, 0.15) is 36.0 Å². The van der Waals surface area contributed by atoms with E-state index in [4.69, 9.17) is 4.98 Å². The molecule has 1 N–H and O–H groups in total. The Kier molecular flexibility index (Phi) is 5.12. The first kappa shape index (κ1) is 15.0. The number of rotatable bonds is 5. The van der Waals surface area contributed by atoms with Crippen molar-refractivity contribution in [2.45, 2.75) is 33.1 Å². The molecule has 0 aliphatic heterocycles. The van der Waals surface area contributed by atoms with Crippen molar-refractivity contribution in [1.29, 1.82) is 0 Å². The number of aromatic nitrogens is 2. The molecule has 2 rings (SSSR count). The molecule has 3 nitrogen and oxygen atoms in total. The Hall–Kier alpha value is -1.42. The van der Waals surface area contributed by atoms with Crippen LogP contribution in [-0.4, -0.2) is 17.0 Å². The van der Waals surface area contributed by atoms with Crippen LogP contribution in [-0.2, 0) is 12.8 Å². The lowest BCUT2D eigenvalue weighted by molar-refractivity contribution is 0.835. The van der Waals surface area contributed by atoms with Crippen molar-refractivity contribution in [3.05, 3.63) is 51.4 Å². The number of halogens is 1. The van der Waals surface area contributed by atoms with Crippen LogP contribution in [0, 0.1) is 6.92 Å². The third-order valence-corrected chi connectivity index (χ3v) is 3.97. The van der Waals surface area contributed by atoms with Gasteiger partial charge in [0.25, 0.3) is 0 Å². The molecular formula is C16H20BrN3. The highest BCUT2D eigenvalue weighted by Crippen LogP contribution is 2.25. The van der Waals surface area contributed by atoms with Gasteiger partial charge in [-0.3, -0.25) is 0 Å². The third-order valence-electron chi connectivity index (χ3n) is 3.13. The third kappa shape index (κ3) is 3.57. The Morgan fingerprint density at radius 2 is 2.05 bits per heavy atom. The fourth-order valence-electron chi connectivity index (χ4n) is 2.20. The second kappa shape index (κ2) is 6.84. The summed E-state index contributed by atoms with van der Waals surface area (Å²) in [5.74, 6) is 1.73. The smallest absolute Gasteiger partial charge is 0.144 e. The van der Waals surface area contributed by atoms with Crippen molar-refractivity contribution >= 4 is 21.7 Å². The minimum absolute atomic E-state index is 0.764. The van der Waals surface area contributed by atoms with E-state index in [0.29, 0.717) is 0 Å². The van der Waals surface area contributed by atoms with E-state index in [-0.39, 0.29) is 0 Å². The molecule has 1 aromatic carbocycles. The Morgan fingerprint density at radius 3 is 2.70 bits per heavy atom. The van der Waals surface area contributed by atoms with E-state index in [9.17, 15) is 0 Å². The van der Waals surface area contributed by atoms with Crippen molar-refractivity contribution in [1.82, 2.24) is 9.97 Å². The van der Waals surface area contributed by atoms with Crippen LogP contribution in [0.25, 0.3) is 0 Å². The molecule has 0 saturated heterocycles. The monoisotopic (exact) mass is 333 g/mol. The average molecular weight is 334 g/mol. The van der Waals surface area contributed by atoms with E-state index in [0.717, 1.165) is 41.1 Å². The number of benzene rings is 1. The number of aryl methyl sites for hydroxylation is 2. The minimum atomic E-state index is 0.764. The van der Waals surface area contributed by atoms with Gasteiger partial charge in [-0.15, -0.1) is 0 Å². The molecular weight excluding hydrogens is 314 g/mol. The molecule has 0 amide bonds. The molecule has 1 heterocycles. The fourth-order valence-corrected chi connectivity index (χ4v) is 2.77. The predicted molar refractivity (Wildman–Crippen MR) is 87.3 cm³/mol. The molecule has 106 valence electrons. The quantitative estimate of drug-likeness (QED) is 0.893. The van der Waals surface area contributed by atoms with Crippen LogP contribution in [0.4, 0.5) is 5.82 Å². The molecule has 0 saturated carbocycles. The van der Waals surface area contributed by atoms with Gasteiger partial charge in [-0.25, -0.2) is 9.97 Å². The van der Waals surface area contributed by atoms with Crippen LogP contribution < -0.4 is 5.32 Å². The van der Waals surface area contributed by atoms with Gasteiger partial charge in [0.1, 0.15) is 11.6 Å². The summed E-state index contributed by atoms with van der Waals surface area (Å²) >= 11 is 3.59. The molecule has 0 radical (unpaired) electrons. The minimum Gasteiger partial charge on any atom is -0.372 e. The van der Waals surface area contributed by atoms with Crippen molar-refractivity contribution in [2.75, 3.05) is 12.4 Å². The molecule has 0 bridgehead atoms. The maximum absolute atomic E-state index is 4.70. The zero-order valence-electron chi connectivity index (χ0n) is 12.2. The van der Waals surface area contributed by atoms with E-state index in [1.165, 1.54) is 11.1 Å². The molecule has 0 aliphatic rings. The summed E-state index contributed by atoms with van der Waals surface area (Å²) in [7, 11) is 1.89. The summed E-state index contributed by atoms with van der Waals surface area (Å²) in [5.41, 5.74) is 3.59. The summed E-state index contributed by atoms with van der Waals surface area (Å²) in [6.45, 7) is 4.27. The number of nitrogens with zero attached hydrogens (tertiary/aromatic N) is 2. The van der Waals surface area contributed by atoms with E-state index in [1.54, 1.807) is 0 Å². The first-order chi connectivity index (χ1) is 9.63. The van der Waals surface area contributed by atoms with Crippen molar-refractivity contribution in [2.24, 2.45) is 0 Å². The Balaban J connectivity index is 2.34. The average Bonchev–Trinajstić information content (AvgIpc) is 2.42. The van der Waals surface area contributed by atoms with Crippen molar-refractivity contribution < 1.29 is 0 Å². The van der Waals surface area contributed by atoms with Gasteiger partial charge in [0, 0.05) is 13.5 Å². The molecule has 4 heteroatoms. The van der Waals surface area contributed by atoms with E-state index in [2.05, 4.69) is 64.3 Å². The number of hydrogen-bond donors (Lipinski definition) is 1. The summed E-state index contributed by atoms with van der Waals surface area (Å²) in [5, 5.41) is 3.13. The lowest BCUT2D eigenvalue weighted by Crippen LogP contribution is -2.06. The van der Waals surface area contributed by atoms with Gasteiger partial charge in [0.05, 0.1) is 10.2 Å². The Bertz CT molecular complexity index is 596. The zero-order valence-corrected chi connectivity index (χ0v) is 13.8. The predicted octanol–water partition coefficient (Wildman–Crippen LogP) is 4.13. The second-order valence-electron chi connectivity index (χ2n) is 4.91. The van der Waals surface area contributed by atoms with Crippen LogP contribution in [0.15, 0.2) is 28.7 Å². The Labute approximate surface area is 129 Å². The van der Waals surface area contributed by atoms with Crippen molar-refractivity contribution in [3.8, 4) is 0 Å². The Morgan fingerprint density at radius 1 is 1.25 bits per heavy atom. The summed E-state index contributed by atoms with van der Waals surface area (Å²) in [6.07, 6.45) is 2.79. The standard InChI is InChI=1S/C16H20BrN3/c1-4-6-13-15(17)16(18-3)20-14(19-13)10-12-8-5-7-11(2)9-12/h5,7-9H,4,6,10H2,1-3H3,(H,18,19,20). The van der Waals surface area contributed by atoms with Crippen LogP contribution >= 0.6 is 15.9 Å². The lowest BCUT2D eigenvalue weighted by Gasteiger charge is -2.11. The van der Waals surface area contributed by atoms with Gasteiger partial charge in [-0.1, -0.05) is 43.2 Å². The maximum Gasteiger partial charge on any atom is 0.144 e. The van der Waals surface area contributed by atoms with E-state index < -0.39 is 0 Å². The second-order valence-corrected chi connectivity index (χ2v) is 5.71. The zero-order chi connectivity index (χ0) is 14.5. The molecule has 1 aromatic heterocycles.